The smallest absolute Gasteiger partial charge is 0.306 e. The number of hydrogen-bond acceptors (Lipinski definition) is 6. The van der Waals surface area contributed by atoms with Gasteiger partial charge in [0, 0.05) is 19.3 Å². The highest BCUT2D eigenvalue weighted by molar-refractivity contribution is 5.71. The third-order valence-electron chi connectivity index (χ3n) is 16.1. The van der Waals surface area contributed by atoms with E-state index in [4.69, 9.17) is 14.2 Å². The summed E-state index contributed by atoms with van der Waals surface area (Å²) in [7, 11) is 0. The van der Waals surface area contributed by atoms with E-state index in [0.717, 1.165) is 77.0 Å². The van der Waals surface area contributed by atoms with Gasteiger partial charge in [-0.15, -0.1) is 0 Å². The molecule has 80 heavy (non-hydrogen) atoms. The Morgan fingerprint density at radius 2 is 0.450 bits per heavy atom. The SMILES string of the molecule is CCCCC/C=C\C/C=C\CCCCCCCCCC(=O)OCC(COC(=O)CCCCCCCCCCCCCCCCC/C=C\C/C=C\CCCCCCC)OC(=O)CCCCCCCCCCCCCCCCCCCC. The number of allylic oxidation sites excluding steroid dienone is 8. The van der Waals surface area contributed by atoms with Crippen LogP contribution >= 0.6 is 0 Å². The zero-order valence-electron chi connectivity index (χ0n) is 53.9. The van der Waals surface area contributed by atoms with Crippen LogP contribution in [0.15, 0.2) is 48.6 Å². The second kappa shape index (κ2) is 68.9. The molecule has 0 aliphatic carbocycles. The average molecular weight is 1120 g/mol. The van der Waals surface area contributed by atoms with Crippen molar-refractivity contribution in [3.8, 4) is 0 Å². The van der Waals surface area contributed by atoms with Gasteiger partial charge in [0.15, 0.2) is 6.10 Å². The molecule has 0 bridgehead atoms. The fourth-order valence-electron chi connectivity index (χ4n) is 10.7. The highest BCUT2D eigenvalue weighted by Crippen LogP contribution is 2.18. The molecule has 0 aromatic carbocycles. The van der Waals surface area contributed by atoms with Gasteiger partial charge in [-0.25, -0.2) is 0 Å². The summed E-state index contributed by atoms with van der Waals surface area (Å²) < 4.78 is 17.0. The van der Waals surface area contributed by atoms with Gasteiger partial charge in [0.25, 0.3) is 0 Å². The van der Waals surface area contributed by atoms with Gasteiger partial charge in [0.2, 0.25) is 0 Å². The topological polar surface area (TPSA) is 78.9 Å². The van der Waals surface area contributed by atoms with E-state index in [1.807, 2.05) is 0 Å². The van der Waals surface area contributed by atoms with Gasteiger partial charge in [0.1, 0.15) is 13.2 Å². The summed E-state index contributed by atoms with van der Waals surface area (Å²) in [5.74, 6) is -0.851. The molecule has 6 heteroatoms. The molecule has 468 valence electrons. The van der Waals surface area contributed by atoms with Gasteiger partial charge in [-0.2, -0.15) is 0 Å². The van der Waals surface area contributed by atoms with Crippen LogP contribution in [0.4, 0.5) is 0 Å². The Morgan fingerprint density at radius 1 is 0.250 bits per heavy atom. The summed E-state index contributed by atoms with van der Waals surface area (Å²) in [6, 6.07) is 0. The normalized spacial score (nSPS) is 12.3. The number of hydrogen-bond donors (Lipinski definition) is 0. The first-order valence-corrected chi connectivity index (χ1v) is 35.6. The molecule has 0 N–H and O–H groups in total. The first-order chi connectivity index (χ1) is 39.5. The van der Waals surface area contributed by atoms with Crippen molar-refractivity contribution in [2.45, 2.75) is 393 Å². The largest absolute Gasteiger partial charge is 0.462 e. The molecule has 0 aromatic rings. The first-order valence-electron chi connectivity index (χ1n) is 35.6. The van der Waals surface area contributed by atoms with E-state index < -0.39 is 6.10 Å². The Bertz CT molecular complexity index is 1380. The van der Waals surface area contributed by atoms with E-state index in [-0.39, 0.29) is 31.1 Å². The van der Waals surface area contributed by atoms with Gasteiger partial charge >= 0.3 is 17.9 Å². The molecule has 0 radical (unpaired) electrons. The highest BCUT2D eigenvalue weighted by Gasteiger charge is 2.19. The van der Waals surface area contributed by atoms with E-state index in [2.05, 4.69) is 69.4 Å². The summed E-state index contributed by atoms with van der Waals surface area (Å²) in [6.07, 6.45) is 87.0. The van der Waals surface area contributed by atoms with Crippen LogP contribution in [0, 0.1) is 0 Å². The Balaban J connectivity index is 4.27. The molecule has 0 aromatic heterocycles. The Kier molecular flexibility index (Phi) is 66.6. The quantitative estimate of drug-likeness (QED) is 0.0261. The number of esters is 3. The van der Waals surface area contributed by atoms with Gasteiger partial charge in [0.05, 0.1) is 0 Å². The van der Waals surface area contributed by atoms with Crippen LogP contribution in [0.2, 0.25) is 0 Å². The van der Waals surface area contributed by atoms with E-state index in [9.17, 15) is 14.4 Å². The molecule has 0 spiro atoms. The third-order valence-corrected chi connectivity index (χ3v) is 16.1. The molecule has 0 aliphatic heterocycles. The van der Waals surface area contributed by atoms with Crippen molar-refractivity contribution in [3.05, 3.63) is 48.6 Å². The van der Waals surface area contributed by atoms with E-state index in [1.54, 1.807) is 0 Å². The standard InChI is InChI=1S/C74H136O6/c1-4-7-10-13-16-19-22-25-28-31-33-34-35-36-37-38-39-40-41-44-46-49-52-55-58-61-64-67-73(76)79-70-71(69-78-72(75)66-63-60-57-54-51-48-45-42-30-27-24-21-18-15-12-9-6-3)80-74(77)68-65-62-59-56-53-50-47-43-32-29-26-23-20-17-14-11-8-5-2/h18,21-22,25,27,30-31,33,71H,4-17,19-20,23-24,26,28-29,32,34-70H2,1-3H3/b21-18-,25-22-,30-27-,33-31-. The fourth-order valence-corrected chi connectivity index (χ4v) is 10.7. The fraction of sp³-hybridized carbons (Fsp3) is 0.851. The first kappa shape index (κ1) is 77.4. The molecule has 1 unspecified atom stereocenters. The maximum Gasteiger partial charge on any atom is 0.306 e. The summed E-state index contributed by atoms with van der Waals surface area (Å²) in [6.45, 7) is 6.67. The summed E-state index contributed by atoms with van der Waals surface area (Å²) in [4.78, 5) is 38.5. The van der Waals surface area contributed by atoms with Gasteiger partial charge in [-0.1, -0.05) is 333 Å². The minimum atomic E-state index is -0.775. The van der Waals surface area contributed by atoms with Crippen molar-refractivity contribution in [1.29, 1.82) is 0 Å². The number of unbranched alkanes of at least 4 members (excludes halogenated alkanes) is 47. The van der Waals surface area contributed by atoms with Gasteiger partial charge in [-0.05, 0) is 83.5 Å². The average Bonchev–Trinajstić information content (AvgIpc) is 3.46. The van der Waals surface area contributed by atoms with Crippen LogP contribution in [0.3, 0.4) is 0 Å². The van der Waals surface area contributed by atoms with Crippen LogP contribution in [-0.4, -0.2) is 37.2 Å². The maximum atomic E-state index is 13.0. The number of carbonyl (C=O) groups excluding carboxylic acids is 3. The van der Waals surface area contributed by atoms with Crippen molar-refractivity contribution in [2.24, 2.45) is 0 Å². The molecule has 0 aliphatic rings. The number of carbonyl (C=O) groups is 3. The minimum absolute atomic E-state index is 0.0708. The second-order valence-electron chi connectivity index (χ2n) is 24.1. The zero-order valence-corrected chi connectivity index (χ0v) is 53.9. The van der Waals surface area contributed by atoms with Crippen LogP contribution in [-0.2, 0) is 28.6 Å². The predicted octanol–water partition coefficient (Wildman–Crippen LogP) is 24.5. The Morgan fingerprint density at radius 3 is 0.713 bits per heavy atom. The van der Waals surface area contributed by atoms with Crippen molar-refractivity contribution in [2.75, 3.05) is 13.2 Å². The highest BCUT2D eigenvalue weighted by atomic mass is 16.6. The molecule has 0 heterocycles. The molecular weight excluding hydrogens is 985 g/mol. The van der Waals surface area contributed by atoms with E-state index in [0.29, 0.717) is 19.3 Å². The zero-order chi connectivity index (χ0) is 57.8. The summed E-state index contributed by atoms with van der Waals surface area (Å²) >= 11 is 0. The van der Waals surface area contributed by atoms with Gasteiger partial charge in [-0.3, -0.25) is 14.4 Å². The number of ether oxygens (including phenoxy) is 3. The third kappa shape index (κ3) is 66.2. The molecule has 0 saturated heterocycles. The molecule has 0 rings (SSSR count). The molecule has 0 saturated carbocycles. The molecular formula is C74H136O6. The van der Waals surface area contributed by atoms with Gasteiger partial charge < -0.3 is 14.2 Å². The lowest BCUT2D eigenvalue weighted by Gasteiger charge is -2.18. The van der Waals surface area contributed by atoms with Crippen LogP contribution in [0.25, 0.3) is 0 Å². The predicted molar refractivity (Wildman–Crippen MR) is 349 cm³/mol. The lowest BCUT2D eigenvalue weighted by Crippen LogP contribution is -2.30. The lowest BCUT2D eigenvalue weighted by atomic mass is 10.0. The summed E-state index contributed by atoms with van der Waals surface area (Å²) in [5, 5.41) is 0. The van der Waals surface area contributed by atoms with Crippen molar-refractivity contribution >= 4 is 17.9 Å². The molecule has 6 nitrogen and oxygen atoms in total. The Labute approximate surface area is 498 Å². The molecule has 0 amide bonds. The molecule has 0 fully saturated rings. The Hall–Kier alpha value is -2.63. The maximum absolute atomic E-state index is 13.0. The molecule has 1 atom stereocenters. The van der Waals surface area contributed by atoms with Crippen LogP contribution < -0.4 is 0 Å². The van der Waals surface area contributed by atoms with Crippen LogP contribution in [0.1, 0.15) is 387 Å². The van der Waals surface area contributed by atoms with E-state index >= 15 is 0 Å². The van der Waals surface area contributed by atoms with E-state index in [1.165, 1.54) is 270 Å². The summed E-state index contributed by atoms with van der Waals surface area (Å²) in [5.41, 5.74) is 0. The van der Waals surface area contributed by atoms with Crippen molar-refractivity contribution in [3.63, 3.8) is 0 Å². The van der Waals surface area contributed by atoms with Crippen molar-refractivity contribution in [1.82, 2.24) is 0 Å². The monoisotopic (exact) mass is 1120 g/mol. The number of rotatable bonds is 66. The van der Waals surface area contributed by atoms with Crippen LogP contribution in [0.5, 0.6) is 0 Å². The second-order valence-corrected chi connectivity index (χ2v) is 24.1. The minimum Gasteiger partial charge on any atom is -0.462 e. The van der Waals surface area contributed by atoms with Crippen molar-refractivity contribution < 1.29 is 28.6 Å². The lowest BCUT2D eigenvalue weighted by molar-refractivity contribution is -0.167.